The number of nitrogens with zero attached hydrogens (tertiary/aromatic N) is 4. The SMILES string of the molecule is CCN1CCC[C@H](NC(=O)c2cc(-c3ccncc3)c3cnccc3n2)C1. The molecular weight excluding hydrogens is 338 g/mol. The molecule has 0 aromatic carbocycles. The van der Waals surface area contributed by atoms with Gasteiger partial charge >= 0.3 is 0 Å². The third kappa shape index (κ3) is 3.80. The zero-order valence-electron chi connectivity index (χ0n) is 15.4. The molecule has 1 aliphatic rings. The molecule has 1 N–H and O–H groups in total. The van der Waals surface area contributed by atoms with Crippen molar-refractivity contribution in [3.63, 3.8) is 0 Å². The topological polar surface area (TPSA) is 71.0 Å². The van der Waals surface area contributed by atoms with E-state index >= 15 is 0 Å². The lowest BCUT2D eigenvalue weighted by Crippen LogP contribution is -2.47. The number of likely N-dealkylation sites (tertiary alicyclic amines) is 1. The fourth-order valence-corrected chi connectivity index (χ4v) is 3.68. The van der Waals surface area contributed by atoms with Crippen molar-refractivity contribution >= 4 is 16.8 Å². The lowest BCUT2D eigenvalue weighted by Gasteiger charge is -2.32. The van der Waals surface area contributed by atoms with Crippen LogP contribution in [0.2, 0.25) is 0 Å². The molecule has 1 atom stereocenters. The van der Waals surface area contributed by atoms with E-state index in [2.05, 4.69) is 32.1 Å². The monoisotopic (exact) mass is 361 g/mol. The number of piperidine rings is 1. The number of hydrogen-bond donors (Lipinski definition) is 1. The van der Waals surface area contributed by atoms with Crippen LogP contribution in [0.1, 0.15) is 30.3 Å². The van der Waals surface area contributed by atoms with Crippen LogP contribution in [0.25, 0.3) is 22.0 Å². The number of fused-ring (bicyclic) bond motifs is 1. The molecule has 1 fully saturated rings. The Morgan fingerprint density at radius 1 is 1.22 bits per heavy atom. The van der Waals surface area contributed by atoms with E-state index in [1.807, 2.05) is 24.3 Å². The summed E-state index contributed by atoms with van der Waals surface area (Å²) in [6.45, 7) is 5.18. The number of hydrogen-bond acceptors (Lipinski definition) is 5. The molecule has 138 valence electrons. The van der Waals surface area contributed by atoms with Crippen molar-refractivity contribution in [2.45, 2.75) is 25.8 Å². The Labute approximate surface area is 158 Å². The number of nitrogens with one attached hydrogen (secondary N) is 1. The van der Waals surface area contributed by atoms with Gasteiger partial charge in [0.2, 0.25) is 0 Å². The molecule has 0 aliphatic carbocycles. The summed E-state index contributed by atoms with van der Waals surface area (Å²) in [4.78, 5) is 28.2. The van der Waals surface area contributed by atoms with E-state index < -0.39 is 0 Å². The minimum Gasteiger partial charge on any atom is -0.347 e. The Kier molecular flexibility index (Phi) is 5.07. The first-order valence-electron chi connectivity index (χ1n) is 9.43. The molecule has 3 aromatic rings. The van der Waals surface area contributed by atoms with Gasteiger partial charge in [0.1, 0.15) is 5.69 Å². The van der Waals surface area contributed by atoms with Gasteiger partial charge in [-0.15, -0.1) is 0 Å². The molecule has 0 spiro atoms. The first kappa shape index (κ1) is 17.5. The highest BCUT2D eigenvalue weighted by Crippen LogP contribution is 2.27. The number of rotatable bonds is 4. The zero-order valence-corrected chi connectivity index (χ0v) is 15.4. The highest BCUT2D eigenvalue weighted by atomic mass is 16.1. The Hall–Kier alpha value is -2.86. The van der Waals surface area contributed by atoms with Gasteiger partial charge in [-0.1, -0.05) is 6.92 Å². The first-order valence-corrected chi connectivity index (χ1v) is 9.43. The van der Waals surface area contributed by atoms with Crippen molar-refractivity contribution in [1.82, 2.24) is 25.2 Å². The summed E-state index contributed by atoms with van der Waals surface area (Å²) in [6.07, 6.45) is 9.11. The van der Waals surface area contributed by atoms with Crippen LogP contribution in [0.3, 0.4) is 0 Å². The van der Waals surface area contributed by atoms with Crippen LogP contribution in [0.15, 0.2) is 49.1 Å². The van der Waals surface area contributed by atoms with Gasteiger partial charge in [-0.05, 0) is 61.3 Å². The van der Waals surface area contributed by atoms with Gasteiger partial charge in [0.15, 0.2) is 0 Å². The van der Waals surface area contributed by atoms with Crippen LogP contribution < -0.4 is 5.32 Å². The highest BCUT2D eigenvalue weighted by molar-refractivity contribution is 6.01. The second-order valence-electron chi connectivity index (χ2n) is 6.89. The quantitative estimate of drug-likeness (QED) is 0.774. The average Bonchev–Trinajstić information content (AvgIpc) is 2.73. The first-order chi connectivity index (χ1) is 13.2. The maximum absolute atomic E-state index is 12.9. The van der Waals surface area contributed by atoms with Crippen LogP contribution in [0, 0.1) is 0 Å². The molecule has 0 saturated carbocycles. The van der Waals surface area contributed by atoms with Gasteiger partial charge in [-0.25, -0.2) is 4.98 Å². The Morgan fingerprint density at radius 3 is 2.85 bits per heavy atom. The van der Waals surface area contributed by atoms with Gasteiger partial charge in [0.25, 0.3) is 5.91 Å². The Bertz CT molecular complexity index is 944. The van der Waals surface area contributed by atoms with Gasteiger partial charge in [0.05, 0.1) is 5.52 Å². The Morgan fingerprint density at radius 2 is 2.04 bits per heavy atom. The molecule has 0 bridgehead atoms. The molecule has 1 saturated heterocycles. The fraction of sp³-hybridized carbons (Fsp3) is 0.333. The number of pyridine rings is 3. The third-order valence-electron chi connectivity index (χ3n) is 5.12. The molecule has 0 unspecified atom stereocenters. The maximum Gasteiger partial charge on any atom is 0.270 e. The summed E-state index contributed by atoms with van der Waals surface area (Å²) in [6, 6.07) is 7.74. The van der Waals surface area contributed by atoms with E-state index in [0.717, 1.165) is 54.5 Å². The molecule has 0 radical (unpaired) electrons. The van der Waals surface area contributed by atoms with E-state index in [1.54, 1.807) is 24.8 Å². The minimum absolute atomic E-state index is 0.119. The van der Waals surface area contributed by atoms with Crippen LogP contribution in [0.4, 0.5) is 0 Å². The summed E-state index contributed by atoms with van der Waals surface area (Å²) in [5.41, 5.74) is 3.14. The van der Waals surface area contributed by atoms with Gasteiger partial charge in [0, 0.05) is 42.8 Å². The van der Waals surface area contributed by atoms with E-state index in [4.69, 9.17) is 0 Å². The fourth-order valence-electron chi connectivity index (χ4n) is 3.68. The van der Waals surface area contributed by atoms with Crippen molar-refractivity contribution in [2.75, 3.05) is 19.6 Å². The van der Waals surface area contributed by atoms with E-state index in [1.165, 1.54) is 0 Å². The molecule has 4 heterocycles. The van der Waals surface area contributed by atoms with Crippen molar-refractivity contribution in [3.05, 3.63) is 54.7 Å². The van der Waals surface area contributed by atoms with Crippen molar-refractivity contribution in [2.24, 2.45) is 0 Å². The number of carbonyl (C=O) groups excluding carboxylic acids is 1. The average molecular weight is 361 g/mol. The van der Waals surface area contributed by atoms with Gasteiger partial charge in [-0.2, -0.15) is 0 Å². The van der Waals surface area contributed by atoms with Crippen LogP contribution in [-0.4, -0.2) is 51.4 Å². The minimum atomic E-state index is -0.119. The lowest BCUT2D eigenvalue weighted by molar-refractivity contribution is 0.0901. The van der Waals surface area contributed by atoms with Crippen LogP contribution >= 0.6 is 0 Å². The normalized spacial score (nSPS) is 17.7. The smallest absolute Gasteiger partial charge is 0.270 e. The summed E-state index contributed by atoms with van der Waals surface area (Å²) in [7, 11) is 0. The summed E-state index contributed by atoms with van der Waals surface area (Å²) in [5.74, 6) is -0.119. The predicted octanol–water partition coefficient (Wildman–Crippen LogP) is 2.91. The number of amides is 1. The molecule has 3 aromatic heterocycles. The summed E-state index contributed by atoms with van der Waals surface area (Å²) < 4.78 is 0. The zero-order chi connectivity index (χ0) is 18.6. The van der Waals surface area contributed by atoms with E-state index in [9.17, 15) is 4.79 Å². The largest absolute Gasteiger partial charge is 0.347 e. The standard InChI is InChI=1S/C21H23N5O/c1-2-26-11-3-4-16(14-26)24-21(27)20-12-17(15-5-8-22-9-6-15)18-13-23-10-7-19(18)25-20/h5-10,12-13,16H,2-4,11,14H2,1H3,(H,24,27)/t16-/m0/s1. The molecule has 27 heavy (non-hydrogen) atoms. The lowest BCUT2D eigenvalue weighted by atomic mass is 10.0. The molecule has 6 nitrogen and oxygen atoms in total. The molecule has 1 amide bonds. The summed E-state index contributed by atoms with van der Waals surface area (Å²) >= 11 is 0. The molecule has 4 rings (SSSR count). The molecular formula is C21H23N5O. The van der Waals surface area contributed by atoms with E-state index in [0.29, 0.717) is 5.69 Å². The third-order valence-corrected chi connectivity index (χ3v) is 5.12. The van der Waals surface area contributed by atoms with E-state index in [-0.39, 0.29) is 11.9 Å². The second-order valence-corrected chi connectivity index (χ2v) is 6.89. The number of aromatic nitrogens is 3. The van der Waals surface area contributed by atoms with Crippen molar-refractivity contribution in [1.29, 1.82) is 0 Å². The van der Waals surface area contributed by atoms with Crippen molar-refractivity contribution < 1.29 is 4.79 Å². The van der Waals surface area contributed by atoms with Crippen LogP contribution in [-0.2, 0) is 0 Å². The molecule has 6 heteroatoms. The maximum atomic E-state index is 12.9. The number of likely N-dealkylation sites (N-methyl/N-ethyl adjacent to an activating group) is 1. The second kappa shape index (κ2) is 7.80. The van der Waals surface area contributed by atoms with Crippen molar-refractivity contribution in [3.8, 4) is 11.1 Å². The van der Waals surface area contributed by atoms with Gasteiger partial charge in [-0.3, -0.25) is 14.8 Å². The highest BCUT2D eigenvalue weighted by Gasteiger charge is 2.22. The van der Waals surface area contributed by atoms with Gasteiger partial charge < -0.3 is 10.2 Å². The predicted molar refractivity (Wildman–Crippen MR) is 105 cm³/mol. The summed E-state index contributed by atoms with van der Waals surface area (Å²) in [5, 5.41) is 4.10. The molecule has 1 aliphatic heterocycles. The van der Waals surface area contributed by atoms with Crippen LogP contribution in [0.5, 0.6) is 0 Å². The Balaban J connectivity index is 1.67. The number of carbonyl (C=O) groups is 1.